The Morgan fingerprint density at radius 3 is 2.76 bits per heavy atom. The molecule has 1 saturated carbocycles. The van der Waals surface area contributed by atoms with Gasteiger partial charge in [0.05, 0.1) is 0 Å². The summed E-state index contributed by atoms with van der Waals surface area (Å²) in [5.41, 5.74) is 1.63. The van der Waals surface area contributed by atoms with Gasteiger partial charge < -0.3 is 9.84 Å². The van der Waals surface area contributed by atoms with Crippen molar-refractivity contribution in [3.8, 4) is 0 Å². The topological polar surface area (TPSA) is 63.6 Å². The van der Waals surface area contributed by atoms with E-state index in [1.165, 1.54) is 18.4 Å². The van der Waals surface area contributed by atoms with Gasteiger partial charge in [-0.25, -0.2) is 0 Å². The maximum atomic E-state index is 11.0. The van der Waals surface area contributed by atoms with Crippen LogP contribution in [0, 0.1) is 28.6 Å². The van der Waals surface area contributed by atoms with Crippen LogP contribution in [0.5, 0.6) is 0 Å². The van der Waals surface area contributed by atoms with Crippen molar-refractivity contribution in [1.82, 2.24) is 0 Å². The molecule has 25 heavy (non-hydrogen) atoms. The van der Waals surface area contributed by atoms with Crippen molar-refractivity contribution < 1.29 is 19.4 Å². The summed E-state index contributed by atoms with van der Waals surface area (Å²) in [6, 6.07) is 0. The Labute approximate surface area is 152 Å². The standard InChI is InChI=1S/C21H34O4/c1-14(10-19(23)24)6-8-20(4)15(2)7-9-21(5)16(3)11-17(25-13-22)12-18(20)21/h11,13-15,17-18H,6-10,12H2,1-5H3,(H,23,24). The smallest absolute Gasteiger partial charge is 0.303 e. The van der Waals surface area contributed by atoms with Gasteiger partial charge in [-0.15, -0.1) is 0 Å². The van der Waals surface area contributed by atoms with Crippen LogP contribution in [0.4, 0.5) is 0 Å². The van der Waals surface area contributed by atoms with Crippen LogP contribution in [0.25, 0.3) is 0 Å². The highest BCUT2D eigenvalue weighted by Crippen LogP contribution is 2.62. The number of aliphatic carboxylic acids is 1. The van der Waals surface area contributed by atoms with Crippen LogP contribution in [0.1, 0.15) is 73.1 Å². The number of carbonyl (C=O) groups excluding carboxylic acids is 1. The highest BCUT2D eigenvalue weighted by molar-refractivity contribution is 5.66. The molecule has 4 nitrogen and oxygen atoms in total. The van der Waals surface area contributed by atoms with Crippen molar-refractivity contribution in [2.75, 3.05) is 0 Å². The number of carboxylic acid groups (broad SMARTS) is 1. The zero-order valence-corrected chi connectivity index (χ0v) is 16.4. The Bertz CT molecular complexity index is 540. The molecule has 4 heteroatoms. The van der Waals surface area contributed by atoms with Crippen LogP contribution in [0.3, 0.4) is 0 Å². The van der Waals surface area contributed by atoms with Gasteiger partial charge in [0.1, 0.15) is 6.10 Å². The normalized spacial score (nSPS) is 39.1. The van der Waals surface area contributed by atoms with Gasteiger partial charge in [-0.3, -0.25) is 9.59 Å². The minimum atomic E-state index is -0.713. The maximum absolute atomic E-state index is 11.0. The van der Waals surface area contributed by atoms with Crippen molar-refractivity contribution in [2.45, 2.75) is 79.2 Å². The second-order valence-corrected chi connectivity index (χ2v) is 9.01. The number of carbonyl (C=O) groups is 2. The molecule has 0 aromatic heterocycles. The number of hydrogen-bond donors (Lipinski definition) is 1. The molecule has 6 unspecified atom stereocenters. The molecule has 6 atom stereocenters. The monoisotopic (exact) mass is 350 g/mol. The molecule has 0 aromatic rings. The molecule has 0 amide bonds. The van der Waals surface area contributed by atoms with Crippen LogP contribution in [0.15, 0.2) is 11.6 Å². The van der Waals surface area contributed by atoms with Gasteiger partial charge >= 0.3 is 5.97 Å². The fourth-order valence-corrected chi connectivity index (χ4v) is 5.41. The second kappa shape index (κ2) is 7.51. The van der Waals surface area contributed by atoms with Crippen LogP contribution in [-0.4, -0.2) is 23.7 Å². The number of ether oxygens (including phenoxy) is 1. The molecule has 0 heterocycles. The SMILES string of the molecule is CC1=CC(OC=O)CC2C1(C)CCC(C)C2(C)CCC(C)CC(=O)O. The van der Waals surface area contributed by atoms with E-state index in [1.807, 2.05) is 6.92 Å². The zero-order chi connectivity index (χ0) is 18.8. The number of allylic oxidation sites excluding steroid dienone is 1. The van der Waals surface area contributed by atoms with E-state index in [0.717, 1.165) is 19.3 Å². The van der Waals surface area contributed by atoms with Crippen molar-refractivity contribution in [1.29, 1.82) is 0 Å². The Morgan fingerprint density at radius 1 is 1.48 bits per heavy atom. The van der Waals surface area contributed by atoms with Crippen LogP contribution in [0.2, 0.25) is 0 Å². The second-order valence-electron chi connectivity index (χ2n) is 9.01. The number of carboxylic acids is 1. The Morgan fingerprint density at radius 2 is 2.16 bits per heavy atom. The van der Waals surface area contributed by atoms with Crippen molar-refractivity contribution in [2.24, 2.45) is 28.6 Å². The molecule has 2 rings (SSSR count). The average molecular weight is 350 g/mol. The molecule has 1 fully saturated rings. The van der Waals surface area contributed by atoms with E-state index in [4.69, 9.17) is 9.84 Å². The number of rotatable bonds is 7. The molecular weight excluding hydrogens is 316 g/mol. The number of hydrogen-bond acceptors (Lipinski definition) is 3. The predicted molar refractivity (Wildman–Crippen MR) is 98.1 cm³/mol. The fourth-order valence-electron chi connectivity index (χ4n) is 5.41. The molecule has 0 aromatic carbocycles. The summed E-state index contributed by atoms with van der Waals surface area (Å²) in [6.45, 7) is 11.9. The van der Waals surface area contributed by atoms with E-state index in [-0.39, 0.29) is 29.3 Å². The molecule has 2 aliphatic carbocycles. The van der Waals surface area contributed by atoms with Gasteiger partial charge in [-0.2, -0.15) is 0 Å². The summed E-state index contributed by atoms with van der Waals surface area (Å²) in [7, 11) is 0. The third-order valence-corrected chi connectivity index (χ3v) is 7.52. The van der Waals surface area contributed by atoms with Crippen molar-refractivity contribution >= 4 is 12.4 Å². The van der Waals surface area contributed by atoms with Gasteiger partial charge in [0.25, 0.3) is 6.47 Å². The first-order valence-electron chi connectivity index (χ1n) is 9.63. The van der Waals surface area contributed by atoms with Gasteiger partial charge in [-0.1, -0.05) is 33.3 Å². The summed E-state index contributed by atoms with van der Waals surface area (Å²) in [5.74, 6) is 0.521. The first-order valence-corrected chi connectivity index (χ1v) is 9.63. The molecule has 0 radical (unpaired) electrons. The lowest BCUT2D eigenvalue weighted by atomic mass is 9.46. The van der Waals surface area contributed by atoms with Crippen molar-refractivity contribution in [3.63, 3.8) is 0 Å². The highest BCUT2D eigenvalue weighted by atomic mass is 16.5. The van der Waals surface area contributed by atoms with Gasteiger partial charge in [0.15, 0.2) is 0 Å². The minimum absolute atomic E-state index is 0.128. The van der Waals surface area contributed by atoms with Crippen LogP contribution in [-0.2, 0) is 14.3 Å². The van der Waals surface area contributed by atoms with Crippen LogP contribution < -0.4 is 0 Å². The quantitative estimate of drug-likeness (QED) is 0.528. The lowest BCUT2D eigenvalue weighted by Gasteiger charge is -2.59. The first-order chi connectivity index (χ1) is 11.6. The van der Waals surface area contributed by atoms with Gasteiger partial charge in [-0.05, 0) is 73.7 Å². The minimum Gasteiger partial charge on any atom is -0.481 e. The molecule has 0 spiro atoms. The average Bonchev–Trinajstić information content (AvgIpc) is 2.52. The highest BCUT2D eigenvalue weighted by Gasteiger charge is 2.54. The first kappa shape index (κ1) is 20.0. The zero-order valence-electron chi connectivity index (χ0n) is 16.4. The van der Waals surface area contributed by atoms with E-state index in [0.29, 0.717) is 18.3 Å². The van der Waals surface area contributed by atoms with E-state index in [1.54, 1.807) is 0 Å². The van der Waals surface area contributed by atoms with E-state index < -0.39 is 5.97 Å². The van der Waals surface area contributed by atoms with E-state index in [9.17, 15) is 9.59 Å². The van der Waals surface area contributed by atoms with Crippen LogP contribution >= 0.6 is 0 Å². The van der Waals surface area contributed by atoms with Crippen molar-refractivity contribution in [3.05, 3.63) is 11.6 Å². The van der Waals surface area contributed by atoms with E-state index in [2.05, 4.69) is 33.8 Å². The Balaban J connectivity index is 2.24. The lowest BCUT2D eigenvalue weighted by molar-refractivity contribution is -0.138. The molecule has 142 valence electrons. The molecule has 2 aliphatic rings. The summed E-state index contributed by atoms with van der Waals surface area (Å²) in [4.78, 5) is 21.8. The maximum Gasteiger partial charge on any atom is 0.303 e. The molecule has 0 bridgehead atoms. The summed E-state index contributed by atoms with van der Waals surface area (Å²) in [5, 5.41) is 9.04. The van der Waals surface area contributed by atoms with Gasteiger partial charge in [0, 0.05) is 6.42 Å². The molecule has 0 aliphatic heterocycles. The molecular formula is C21H34O4. The largest absolute Gasteiger partial charge is 0.481 e. The third kappa shape index (κ3) is 3.93. The Kier molecular flexibility index (Phi) is 6.01. The number of fused-ring (bicyclic) bond motifs is 1. The lowest BCUT2D eigenvalue weighted by Crippen LogP contribution is -2.51. The molecule has 0 saturated heterocycles. The third-order valence-electron chi connectivity index (χ3n) is 7.52. The summed E-state index contributed by atoms with van der Waals surface area (Å²) in [6.07, 6.45) is 7.45. The fraction of sp³-hybridized carbons (Fsp3) is 0.810. The summed E-state index contributed by atoms with van der Waals surface area (Å²) < 4.78 is 5.32. The Hall–Kier alpha value is -1.32. The summed E-state index contributed by atoms with van der Waals surface area (Å²) >= 11 is 0. The van der Waals surface area contributed by atoms with E-state index >= 15 is 0 Å². The van der Waals surface area contributed by atoms with Gasteiger partial charge in [0.2, 0.25) is 0 Å². The molecule has 1 N–H and O–H groups in total. The predicted octanol–water partition coefficient (Wildman–Crippen LogP) is 4.83.